The van der Waals surface area contributed by atoms with E-state index in [0.717, 1.165) is 75.3 Å². The first-order valence-corrected chi connectivity index (χ1v) is 37.7. The van der Waals surface area contributed by atoms with Crippen molar-refractivity contribution in [3.63, 3.8) is 0 Å². The van der Waals surface area contributed by atoms with Gasteiger partial charge in [-0.25, -0.2) is 0 Å². The van der Waals surface area contributed by atoms with Crippen LogP contribution in [0.1, 0.15) is 335 Å². The SMILES string of the molecule is CCCCCCCCCCCCC(CC(CC(C)C(C)(C)C)c1cccc(C(OP(O)O)(c2cccc(C(CC(C)C(C)(C)C)CC(CCCCCCCCCCCC)C(C)(C)C)c2C2COC2=O)C(CO)(CO)COP(O)O)c1C1COC1=O)C(C)(C)C. The van der Waals surface area contributed by atoms with Gasteiger partial charge in [0.1, 0.15) is 30.7 Å². The van der Waals surface area contributed by atoms with E-state index in [0.29, 0.717) is 11.1 Å². The van der Waals surface area contributed by atoms with Gasteiger partial charge in [0.15, 0.2) is 0 Å². The lowest BCUT2D eigenvalue weighted by molar-refractivity contribution is -0.162. The number of carbonyl (C=O) groups excluding carboxylic acids is 2. The molecule has 0 spiro atoms. The molecule has 2 aliphatic rings. The van der Waals surface area contributed by atoms with Crippen molar-refractivity contribution in [1.82, 2.24) is 0 Å². The van der Waals surface area contributed by atoms with Crippen LogP contribution in [0.15, 0.2) is 36.4 Å². The van der Waals surface area contributed by atoms with E-state index in [1.807, 2.05) is 12.1 Å². The van der Waals surface area contributed by atoms with Crippen LogP contribution in [0, 0.1) is 50.7 Å². The summed E-state index contributed by atoms with van der Waals surface area (Å²) < 4.78 is 24.2. The third-order valence-corrected chi connectivity index (χ3v) is 22.4. The lowest BCUT2D eigenvalue weighted by Crippen LogP contribution is -2.57. The molecule has 2 fully saturated rings. The number of hydrogen-bond acceptors (Lipinski definition) is 12. The molecular weight excluding hydrogens is 1150 g/mol. The normalized spacial score (nSPS) is 18.9. The summed E-state index contributed by atoms with van der Waals surface area (Å²) in [4.78, 5) is 74.0. The van der Waals surface area contributed by atoms with Crippen LogP contribution in [0.25, 0.3) is 0 Å². The summed E-state index contributed by atoms with van der Waals surface area (Å²) in [7, 11) is -6.54. The Morgan fingerprint density at radius 3 is 1.08 bits per heavy atom. The quantitative estimate of drug-likeness (QED) is 0.0209. The smallest absolute Gasteiger partial charge is 0.328 e. The molecule has 0 aliphatic carbocycles. The maximum Gasteiger partial charge on any atom is 0.328 e. The molecule has 8 atom stereocenters. The van der Waals surface area contributed by atoms with Gasteiger partial charge in [-0.05, 0) is 129 Å². The van der Waals surface area contributed by atoms with E-state index in [1.165, 1.54) is 103 Å². The Bertz CT molecular complexity index is 2220. The molecule has 12 nitrogen and oxygen atoms in total. The fraction of sp³-hybridized carbons (Fsp3) is 0.813. The summed E-state index contributed by atoms with van der Waals surface area (Å²) in [5.41, 5.74) is -1.56. The molecule has 2 saturated heterocycles. The van der Waals surface area contributed by atoms with Gasteiger partial charge in [0.25, 0.3) is 0 Å². The molecule has 0 bridgehead atoms. The standard InChI is InChI=1S/C75H130O12P2/c1-17-19-21-23-25-27-29-31-33-35-39-58(72(11,12)13)47-56(45-54(3)70(5,6)7)60-41-37-43-64(66(60)62-49-84-68(62)78)75(87-89(82)83,74(51-76,52-77)53-86-88(80)81)65-44-38-42-61(67(65)63-50-85-69(63)79)57(46-55(4)71(8,9)10)48-59(73(14,15)16)40-36-34-32-30-28-26-24-22-20-18-2/h37-38,41-44,54-59,62-63,76-77,80-83H,17-36,39-40,45-53H2,1-16H3. The maximum absolute atomic E-state index is 14.5. The van der Waals surface area contributed by atoms with E-state index in [9.17, 15) is 39.4 Å². The van der Waals surface area contributed by atoms with E-state index < -0.39 is 71.8 Å². The second-order valence-electron chi connectivity index (χ2n) is 32.1. The first kappa shape index (κ1) is 79.4. The summed E-state index contributed by atoms with van der Waals surface area (Å²) in [5.74, 6) is -2.10. The van der Waals surface area contributed by atoms with E-state index in [2.05, 4.69) is 123 Å². The van der Waals surface area contributed by atoms with Crippen LogP contribution in [-0.4, -0.2) is 74.8 Å². The fourth-order valence-electron chi connectivity index (χ4n) is 14.3. The van der Waals surface area contributed by atoms with Gasteiger partial charge in [-0.3, -0.25) is 14.1 Å². The highest BCUT2D eigenvalue weighted by Crippen LogP contribution is 2.61. The molecular formula is C75H130O12P2. The fourth-order valence-corrected chi connectivity index (χ4v) is 15.3. The number of ether oxygens (including phenoxy) is 2. The van der Waals surface area contributed by atoms with Gasteiger partial charge < -0.3 is 43.8 Å². The van der Waals surface area contributed by atoms with Crippen molar-refractivity contribution in [2.45, 2.75) is 307 Å². The summed E-state index contributed by atoms with van der Waals surface area (Å²) in [6.45, 7) is 34.0. The Balaban J connectivity index is 2.13. The molecule has 512 valence electrons. The number of cyclic esters (lactones) is 2. The van der Waals surface area contributed by atoms with Crippen molar-refractivity contribution in [2.24, 2.45) is 50.7 Å². The van der Waals surface area contributed by atoms with Gasteiger partial charge in [0.05, 0.1) is 25.2 Å². The highest BCUT2D eigenvalue weighted by Gasteiger charge is 2.61. The molecule has 2 aromatic carbocycles. The molecule has 2 heterocycles. The van der Waals surface area contributed by atoms with Crippen molar-refractivity contribution in [1.29, 1.82) is 0 Å². The Morgan fingerprint density at radius 1 is 0.483 bits per heavy atom. The molecule has 2 aromatic rings. The molecule has 0 amide bonds. The van der Waals surface area contributed by atoms with Gasteiger partial charge in [0, 0.05) is 0 Å². The molecule has 14 heteroatoms. The molecule has 0 radical (unpaired) electrons. The minimum atomic E-state index is -3.43. The molecule has 0 aromatic heterocycles. The van der Waals surface area contributed by atoms with Crippen molar-refractivity contribution in [3.8, 4) is 0 Å². The third-order valence-electron chi connectivity index (χ3n) is 21.6. The van der Waals surface area contributed by atoms with Crippen LogP contribution < -0.4 is 0 Å². The zero-order chi connectivity index (χ0) is 66.4. The topological polar surface area (TPSA) is 192 Å². The van der Waals surface area contributed by atoms with Crippen molar-refractivity contribution in [3.05, 3.63) is 69.8 Å². The first-order valence-electron chi connectivity index (χ1n) is 35.3. The van der Waals surface area contributed by atoms with Crippen molar-refractivity contribution >= 4 is 29.1 Å². The molecule has 89 heavy (non-hydrogen) atoms. The van der Waals surface area contributed by atoms with Crippen LogP contribution in [0.4, 0.5) is 0 Å². The first-order chi connectivity index (χ1) is 41.8. The summed E-state index contributed by atoms with van der Waals surface area (Å²) >= 11 is 0. The van der Waals surface area contributed by atoms with Gasteiger partial charge in [-0.2, -0.15) is 0 Å². The zero-order valence-electron chi connectivity index (χ0n) is 59.0. The Morgan fingerprint density at radius 2 is 0.820 bits per heavy atom. The number of rotatable bonds is 44. The minimum Gasteiger partial charge on any atom is -0.464 e. The van der Waals surface area contributed by atoms with E-state index in [1.54, 1.807) is 12.1 Å². The maximum atomic E-state index is 14.5. The van der Waals surface area contributed by atoms with Crippen LogP contribution >= 0.6 is 17.2 Å². The van der Waals surface area contributed by atoms with Crippen LogP contribution in [-0.2, 0) is 33.7 Å². The van der Waals surface area contributed by atoms with Crippen molar-refractivity contribution in [2.75, 3.05) is 33.0 Å². The lowest BCUT2D eigenvalue weighted by atomic mass is 9.59. The number of unbranched alkanes of at least 4 members (excludes halogenated alkanes) is 18. The van der Waals surface area contributed by atoms with E-state index in [4.69, 9.17) is 18.5 Å². The predicted octanol–water partition coefficient (Wildman–Crippen LogP) is 19.7. The van der Waals surface area contributed by atoms with Gasteiger partial charge >= 0.3 is 29.1 Å². The van der Waals surface area contributed by atoms with E-state index in [-0.39, 0.29) is 81.5 Å². The van der Waals surface area contributed by atoms with Gasteiger partial charge in [-0.1, -0.05) is 276 Å². The highest BCUT2D eigenvalue weighted by atomic mass is 31.2. The average molecular weight is 1290 g/mol. The predicted molar refractivity (Wildman–Crippen MR) is 367 cm³/mol. The monoisotopic (exact) mass is 1280 g/mol. The summed E-state index contributed by atoms with van der Waals surface area (Å²) in [5, 5.41) is 24.7. The molecule has 6 N–H and O–H groups in total. The lowest BCUT2D eigenvalue weighted by Gasteiger charge is -2.52. The summed E-state index contributed by atoms with van der Waals surface area (Å²) in [6, 6.07) is 11.5. The Labute approximate surface area is 545 Å². The van der Waals surface area contributed by atoms with Crippen LogP contribution in [0.5, 0.6) is 0 Å². The second kappa shape index (κ2) is 37.3. The molecule has 4 rings (SSSR count). The third kappa shape index (κ3) is 23.1. The molecule has 2 aliphatic heterocycles. The highest BCUT2D eigenvalue weighted by molar-refractivity contribution is 7.39. The zero-order valence-corrected chi connectivity index (χ0v) is 60.8. The van der Waals surface area contributed by atoms with Crippen LogP contribution in [0.2, 0.25) is 0 Å². The van der Waals surface area contributed by atoms with Crippen LogP contribution in [0.3, 0.4) is 0 Å². The summed E-state index contributed by atoms with van der Waals surface area (Å²) in [6.07, 6.45) is 30.0. The number of hydrogen-bond donors (Lipinski definition) is 6. The molecule has 0 saturated carbocycles. The second-order valence-corrected chi connectivity index (χ2v) is 33.5. The van der Waals surface area contributed by atoms with E-state index >= 15 is 0 Å². The number of benzene rings is 2. The Kier molecular flexibility index (Phi) is 33.2. The average Bonchev–Trinajstić information content (AvgIpc) is 0.706. The number of esters is 2. The largest absolute Gasteiger partial charge is 0.464 e. The Hall–Kier alpha value is -2.08. The number of aliphatic hydroxyl groups is 2. The number of aliphatic hydroxyl groups excluding tert-OH is 2. The van der Waals surface area contributed by atoms with Gasteiger partial charge in [-0.15, -0.1) is 0 Å². The molecule has 8 unspecified atom stereocenters. The van der Waals surface area contributed by atoms with Gasteiger partial charge in [0.2, 0.25) is 0 Å². The minimum absolute atomic E-state index is 0.0109. The van der Waals surface area contributed by atoms with Crippen molar-refractivity contribution < 1.29 is 57.9 Å². The number of carbonyl (C=O) groups is 2.